The number of carbonyl (C=O) groups excluding carboxylic acids is 1. The van der Waals surface area contributed by atoms with Gasteiger partial charge in [0, 0.05) is 19.6 Å². The molecule has 0 aromatic heterocycles. The van der Waals surface area contributed by atoms with Crippen LogP contribution in [0, 0.1) is 0 Å². The van der Waals surface area contributed by atoms with Crippen molar-refractivity contribution in [1.29, 1.82) is 0 Å². The molecule has 96 valence electrons. The number of hydrogen-bond acceptors (Lipinski definition) is 4. The Morgan fingerprint density at radius 3 is 2.12 bits per heavy atom. The van der Waals surface area contributed by atoms with E-state index in [0.29, 0.717) is 26.2 Å². The van der Waals surface area contributed by atoms with Gasteiger partial charge in [-0.25, -0.2) is 0 Å². The molecule has 5 heteroatoms. The average molecular weight is 248 g/mol. The Hall–Kier alpha value is -0.393. The van der Waals surface area contributed by atoms with E-state index in [9.17, 15) is 4.79 Å². The maximum atomic E-state index is 10.9. The van der Waals surface area contributed by atoms with Crippen molar-refractivity contribution in [3.8, 4) is 0 Å². The standard InChI is InChI=1S/C11H24O4Si/c1-5-11(12)13-9-8-10-16(4,14-6-2)15-7-3/h5-10H2,1-4H3. The maximum absolute atomic E-state index is 10.9. The van der Waals surface area contributed by atoms with Crippen LogP contribution < -0.4 is 0 Å². The molecule has 0 aliphatic heterocycles. The van der Waals surface area contributed by atoms with Crippen LogP contribution in [0.2, 0.25) is 12.6 Å². The summed E-state index contributed by atoms with van der Waals surface area (Å²) in [6.07, 6.45) is 1.25. The van der Waals surface area contributed by atoms with E-state index in [4.69, 9.17) is 13.6 Å². The van der Waals surface area contributed by atoms with Gasteiger partial charge in [-0.05, 0) is 32.9 Å². The Balaban J connectivity index is 3.79. The lowest BCUT2D eigenvalue weighted by Gasteiger charge is -2.25. The average Bonchev–Trinajstić information content (AvgIpc) is 2.25. The fraction of sp³-hybridized carbons (Fsp3) is 0.909. The van der Waals surface area contributed by atoms with Gasteiger partial charge in [0.2, 0.25) is 0 Å². The van der Waals surface area contributed by atoms with Crippen LogP contribution in [0.3, 0.4) is 0 Å². The number of carbonyl (C=O) groups is 1. The summed E-state index contributed by atoms with van der Waals surface area (Å²) in [5.74, 6) is -0.142. The second-order valence-electron chi connectivity index (χ2n) is 3.68. The van der Waals surface area contributed by atoms with E-state index in [-0.39, 0.29) is 5.97 Å². The Morgan fingerprint density at radius 2 is 1.69 bits per heavy atom. The molecule has 0 aliphatic rings. The van der Waals surface area contributed by atoms with Gasteiger partial charge in [0.1, 0.15) is 0 Å². The molecule has 0 spiro atoms. The summed E-state index contributed by atoms with van der Waals surface area (Å²) < 4.78 is 16.4. The Morgan fingerprint density at radius 1 is 1.12 bits per heavy atom. The fourth-order valence-electron chi connectivity index (χ4n) is 1.48. The van der Waals surface area contributed by atoms with Gasteiger partial charge in [-0.1, -0.05) is 6.92 Å². The van der Waals surface area contributed by atoms with Crippen LogP contribution in [0.15, 0.2) is 0 Å². The molecule has 4 nitrogen and oxygen atoms in total. The van der Waals surface area contributed by atoms with Crippen molar-refractivity contribution in [3.63, 3.8) is 0 Å². The summed E-state index contributed by atoms with van der Waals surface area (Å²) in [6, 6.07) is 0.867. The van der Waals surface area contributed by atoms with E-state index in [2.05, 4.69) is 6.55 Å². The van der Waals surface area contributed by atoms with Crippen LogP contribution in [-0.2, 0) is 18.4 Å². The van der Waals surface area contributed by atoms with E-state index in [1.807, 2.05) is 13.8 Å². The van der Waals surface area contributed by atoms with Gasteiger partial charge in [0.05, 0.1) is 6.61 Å². The van der Waals surface area contributed by atoms with Crippen molar-refractivity contribution in [1.82, 2.24) is 0 Å². The summed E-state index contributed by atoms with van der Waals surface area (Å²) in [7, 11) is -2.02. The van der Waals surface area contributed by atoms with Gasteiger partial charge in [-0.2, -0.15) is 0 Å². The van der Waals surface area contributed by atoms with Crippen LogP contribution in [0.1, 0.15) is 33.6 Å². The third-order valence-electron chi connectivity index (χ3n) is 2.23. The minimum Gasteiger partial charge on any atom is -0.466 e. The molecule has 0 bridgehead atoms. The van der Waals surface area contributed by atoms with Crippen molar-refractivity contribution >= 4 is 14.5 Å². The molecule has 0 aromatic rings. The zero-order valence-electron chi connectivity index (χ0n) is 10.9. The van der Waals surface area contributed by atoms with Crippen LogP contribution in [0.5, 0.6) is 0 Å². The van der Waals surface area contributed by atoms with Crippen LogP contribution >= 0.6 is 0 Å². The lowest BCUT2D eigenvalue weighted by molar-refractivity contribution is -0.143. The van der Waals surface area contributed by atoms with E-state index >= 15 is 0 Å². The molecule has 0 saturated heterocycles. The largest absolute Gasteiger partial charge is 0.466 e. The normalized spacial score (nSPS) is 11.5. The first kappa shape index (κ1) is 15.6. The highest BCUT2D eigenvalue weighted by molar-refractivity contribution is 6.66. The van der Waals surface area contributed by atoms with Crippen LogP contribution in [0.25, 0.3) is 0 Å². The highest BCUT2D eigenvalue weighted by Crippen LogP contribution is 2.15. The molecule has 0 aliphatic carbocycles. The number of hydrogen-bond donors (Lipinski definition) is 0. The minimum atomic E-state index is -2.02. The van der Waals surface area contributed by atoms with Gasteiger partial charge in [-0.3, -0.25) is 4.79 Å². The second kappa shape index (κ2) is 8.72. The van der Waals surface area contributed by atoms with E-state index < -0.39 is 8.56 Å². The third kappa shape index (κ3) is 6.98. The Bertz CT molecular complexity index is 190. The van der Waals surface area contributed by atoms with E-state index in [1.54, 1.807) is 6.92 Å². The van der Waals surface area contributed by atoms with Crippen LogP contribution in [-0.4, -0.2) is 34.4 Å². The zero-order chi connectivity index (χ0) is 12.4. The number of rotatable bonds is 9. The molecular weight excluding hydrogens is 224 g/mol. The molecule has 0 amide bonds. The summed E-state index contributed by atoms with van der Waals surface area (Å²) >= 11 is 0. The van der Waals surface area contributed by atoms with Crippen molar-refractivity contribution in [2.24, 2.45) is 0 Å². The maximum Gasteiger partial charge on any atom is 0.335 e. The molecule has 0 atom stereocenters. The highest BCUT2D eigenvalue weighted by Gasteiger charge is 2.29. The van der Waals surface area contributed by atoms with Crippen molar-refractivity contribution in [3.05, 3.63) is 0 Å². The SMILES string of the molecule is CCO[Si](C)(CCCOC(=O)CC)OCC. The predicted molar refractivity (Wildman–Crippen MR) is 65.5 cm³/mol. The number of esters is 1. The monoisotopic (exact) mass is 248 g/mol. The fourth-order valence-corrected chi connectivity index (χ4v) is 3.86. The topological polar surface area (TPSA) is 44.8 Å². The summed E-state index contributed by atoms with van der Waals surface area (Å²) in [5, 5.41) is 0. The first-order chi connectivity index (χ1) is 7.58. The lowest BCUT2D eigenvalue weighted by Crippen LogP contribution is -2.38. The van der Waals surface area contributed by atoms with E-state index in [0.717, 1.165) is 12.5 Å². The lowest BCUT2D eigenvalue weighted by atomic mass is 10.5. The molecule has 0 rings (SSSR count). The summed E-state index contributed by atoms with van der Waals surface area (Å²) in [5.41, 5.74) is 0. The molecular formula is C11H24O4Si. The van der Waals surface area contributed by atoms with E-state index in [1.165, 1.54) is 0 Å². The molecule has 0 N–H and O–H groups in total. The first-order valence-corrected chi connectivity index (χ1v) is 8.53. The van der Waals surface area contributed by atoms with Gasteiger partial charge in [0.15, 0.2) is 0 Å². The highest BCUT2D eigenvalue weighted by atomic mass is 28.4. The summed E-state index contributed by atoms with van der Waals surface area (Å²) in [6.45, 7) is 9.62. The molecule has 0 aromatic carbocycles. The summed E-state index contributed by atoms with van der Waals surface area (Å²) in [4.78, 5) is 10.9. The minimum absolute atomic E-state index is 0.142. The molecule has 0 unspecified atom stereocenters. The van der Waals surface area contributed by atoms with Gasteiger partial charge in [-0.15, -0.1) is 0 Å². The Labute approximate surface area is 99.5 Å². The predicted octanol–water partition coefficient (Wildman–Crippen LogP) is 2.47. The van der Waals surface area contributed by atoms with Gasteiger partial charge >= 0.3 is 14.5 Å². The van der Waals surface area contributed by atoms with Crippen molar-refractivity contribution in [2.45, 2.75) is 46.2 Å². The zero-order valence-corrected chi connectivity index (χ0v) is 11.9. The first-order valence-electron chi connectivity index (χ1n) is 6.01. The number of ether oxygens (including phenoxy) is 1. The molecule has 0 saturated carbocycles. The quantitative estimate of drug-likeness (QED) is 0.357. The second-order valence-corrected chi connectivity index (χ2v) is 7.02. The Kier molecular flexibility index (Phi) is 8.51. The molecule has 0 fully saturated rings. The molecule has 0 radical (unpaired) electrons. The third-order valence-corrected chi connectivity index (χ3v) is 5.29. The van der Waals surface area contributed by atoms with Gasteiger partial charge < -0.3 is 13.6 Å². The van der Waals surface area contributed by atoms with Crippen molar-refractivity contribution in [2.75, 3.05) is 19.8 Å². The van der Waals surface area contributed by atoms with Gasteiger partial charge in [0.25, 0.3) is 0 Å². The molecule has 16 heavy (non-hydrogen) atoms. The van der Waals surface area contributed by atoms with Crippen molar-refractivity contribution < 1.29 is 18.4 Å². The molecule has 0 heterocycles. The van der Waals surface area contributed by atoms with Crippen LogP contribution in [0.4, 0.5) is 0 Å². The smallest absolute Gasteiger partial charge is 0.335 e.